The van der Waals surface area contributed by atoms with Crippen molar-refractivity contribution in [1.82, 2.24) is 9.55 Å². The fourth-order valence-electron chi connectivity index (χ4n) is 3.64. The van der Waals surface area contributed by atoms with Gasteiger partial charge in [-0.1, -0.05) is 69.3 Å². The van der Waals surface area contributed by atoms with Crippen LogP contribution in [0.25, 0.3) is 0 Å². The third-order valence-electron chi connectivity index (χ3n) is 6.69. The predicted molar refractivity (Wildman–Crippen MR) is 135 cm³/mol. The molecule has 1 heterocycles. The Kier molecular flexibility index (Phi) is 7.73. The van der Waals surface area contributed by atoms with Crippen LogP contribution in [0, 0.1) is 5.92 Å². The Morgan fingerprint density at radius 1 is 1.19 bits per heavy atom. The van der Waals surface area contributed by atoms with E-state index in [4.69, 9.17) is 4.43 Å². The predicted octanol–water partition coefficient (Wildman–Crippen LogP) is 5.61. The first-order valence-corrected chi connectivity index (χ1v) is 15.1. The van der Waals surface area contributed by atoms with Gasteiger partial charge in [0.1, 0.15) is 0 Å². The molecule has 0 amide bonds. The van der Waals surface area contributed by atoms with Crippen LogP contribution < -0.4 is 11.2 Å². The molecule has 2 aromatic rings. The summed E-state index contributed by atoms with van der Waals surface area (Å²) in [6.07, 6.45) is 4.73. The van der Waals surface area contributed by atoms with E-state index in [0.717, 1.165) is 29.4 Å². The highest BCUT2D eigenvalue weighted by Gasteiger charge is 2.37. The highest BCUT2D eigenvalue weighted by molar-refractivity contribution is 7.99. The molecule has 1 aliphatic rings. The number of rotatable bonds is 8. The van der Waals surface area contributed by atoms with Crippen LogP contribution in [0.5, 0.6) is 0 Å². The Morgan fingerprint density at radius 3 is 2.50 bits per heavy atom. The quantitative estimate of drug-likeness (QED) is 0.308. The summed E-state index contributed by atoms with van der Waals surface area (Å²) in [5, 5.41) is 0.944. The summed E-state index contributed by atoms with van der Waals surface area (Å²) in [6, 6.07) is 9.91. The first kappa shape index (κ1) is 24.8. The van der Waals surface area contributed by atoms with Crippen molar-refractivity contribution in [3.63, 3.8) is 0 Å². The van der Waals surface area contributed by atoms with Crippen molar-refractivity contribution in [1.29, 1.82) is 0 Å². The Hall–Kier alpha value is -1.83. The molecule has 1 N–H and O–H groups in total. The lowest BCUT2D eigenvalue weighted by Crippen LogP contribution is -2.41. The summed E-state index contributed by atoms with van der Waals surface area (Å²) in [6.45, 7) is 14.6. The monoisotopic (exact) mass is 472 g/mol. The van der Waals surface area contributed by atoms with Gasteiger partial charge in [-0.05, 0) is 55.4 Å². The van der Waals surface area contributed by atoms with E-state index in [-0.39, 0.29) is 16.3 Å². The number of hydrogen-bond acceptors (Lipinski definition) is 4. The molecule has 7 heteroatoms. The van der Waals surface area contributed by atoms with Crippen LogP contribution in [0.3, 0.4) is 0 Å². The van der Waals surface area contributed by atoms with E-state index >= 15 is 0 Å². The molecule has 32 heavy (non-hydrogen) atoms. The van der Waals surface area contributed by atoms with Crippen molar-refractivity contribution in [3.05, 3.63) is 68.4 Å². The summed E-state index contributed by atoms with van der Waals surface area (Å²) < 4.78 is 8.18. The third kappa shape index (κ3) is 5.74. The molecule has 5 nitrogen and oxygen atoms in total. The third-order valence-corrected chi connectivity index (χ3v) is 12.4. The van der Waals surface area contributed by atoms with E-state index in [1.165, 1.54) is 17.3 Å². The molecular formula is C25H36N2O3SSi. The van der Waals surface area contributed by atoms with Gasteiger partial charge in [0.2, 0.25) is 0 Å². The number of H-pyrrole nitrogens is 1. The van der Waals surface area contributed by atoms with Crippen molar-refractivity contribution in [3.8, 4) is 0 Å². The Labute approximate surface area is 196 Å². The number of allylic oxidation sites excluding steroid dienone is 2. The molecule has 1 atom stereocenters. The number of aromatic amines is 1. The maximum Gasteiger partial charge on any atom is 0.329 e. The van der Waals surface area contributed by atoms with Gasteiger partial charge < -0.3 is 4.43 Å². The number of aromatic nitrogens is 2. The molecule has 3 rings (SSSR count). The van der Waals surface area contributed by atoms with Gasteiger partial charge in [-0.25, -0.2) is 4.79 Å². The van der Waals surface area contributed by atoms with Crippen molar-refractivity contribution in [2.24, 2.45) is 5.92 Å². The van der Waals surface area contributed by atoms with Gasteiger partial charge in [0.05, 0.1) is 5.03 Å². The Bertz CT molecular complexity index is 1080. The van der Waals surface area contributed by atoms with Crippen LogP contribution in [0.15, 0.2) is 61.5 Å². The number of nitrogens with one attached hydrogen (secondary N) is 1. The Morgan fingerprint density at radius 2 is 1.88 bits per heavy atom. The van der Waals surface area contributed by atoms with Crippen molar-refractivity contribution >= 4 is 20.1 Å². The first-order chi connectivity index (χ1) is 15.0. The SMILES string of the molecule is CCc1c(Sc2ccccc2)n(CC2=CCC(CO[Si](C)(C)C(C)(C)C)C2)c(=O)[nH]c1=O. The maximum absolute atomic E-state index is 12.8. The molecule has 0 radical (unpaired) electrons. The second-order valence-electron chi connectivity index (χ2n) is 10.1. The summed E-state index contributed by atoms with van der Waals surface area (Å²) in [4.78, 5) is 28.8. The highest BCUT2D eigenvalue weighted by Crippen LogP contribution is 2.38. The molecule has 0 spiro atoms. The minimum atomic E-state index is -1.77. The molecule has 1 unspecified atom stereocenters. The number of hydrogen-bond donors (Lipinski definition) is 1. The summed E-state index contributed by atoms with van der Waals surface area (Å²) >= 11 is 1.49. The molecule has 0 saturated heterocycles. The normalized spacial score (nSPS) is 16.9. The summed E-state index contributed by atoms with van der Waals surface area (Å²) in [5.74, 6) is 0.452. The van der Waals surface area contributed by atoms with E-state index in [2.05, 4.69) is 44.9 Å². The first-order valence-electron chi connectivity index (χ1n) is 11.4. The van der Waals surface area contributed by atoms with E-state index in [0.29, 0.717) is 24.4 Å². The standard InChI is InChI=1S/C25H36N2O3SSi/c1-7-21-22(28)26-24(29)27(23(21)31-20-11-9-8-10-12-20)16-18-13-14-19(15-18)17-30-32(5,6)25(2,3)4/h8-13,19H,7,14-17H2,1-6H3,(H,26,28,29). The zero-order valence-electron chi connectivity index (χ0n) is 20.2. The molecule has 1 aromatic heterocycles. The minimum Gasteiger partial charge on any atom is -0.417 e. The average Bonchev–Trinajstić information content (AvgIpc) is 3.17. The van der Waals surface area contributed by atoms with Crippen molar-refractivity contribution in [2.75, 3.05) is 6.61 Å². The van der Waals surface area contributed by atoms with Gasteiger partial charge in [-0.15, -0.1) is 0 Å². The highest BCUT2D eigenvalue weighted by atomic mass is 32.2. The molecular weight excluding hydrogens is 436 g/mol. The van der Waals surface area contributed by atoms with Crippen LogP contribution in [0.4, 0.5) is 0 Å². The molecule has 0 bridgehead atoms. The minimum absolute atomic E-state index is 0.200. The van der Waals surface area contributed by atoms with Gasteiger partial charge in [0, 0.05) is 23.6 Å². The van der Waals surface area contributed by atoms with E-state index < -0.39 is 8.32 Å². The lowest BCUT2D eigenvalue weighted by atomic mass is 10.1. The average molecular weight is 473 g/mol. The fourth-order valence-corrected chi connectivity index (χ4v) is 5.86. The van der Waals surface area contributed by atoms with Gasteiger partial charge in [0.15, 0.2) is 8.32 Å². The number of benzene rings is 1. The van der Waals surface area contributed by atoms with Crippen LogP contribution in [-0.4, -0.2) is 24.5 Å². The smallest absolute Gasteiger partial charge is 0.329 e. The van der Waals surface area contributed by atoms with Crippen molar-refractivity contribution < 1.29 is 4.43 Å². The van der Waals surface area contributed by atoms with E-state index in [1.807, 2.05) is 37.3 Å². The van der Waals surface area contributed by atoms with Gasteiger partial charge in [0.25, 0.3) is 5.56 Å². The summed E-state index contributed by atoms with van der Waals surface area (Å²) in [7, 11) is -1.77. The van der Waals surface area contributed by atoms with Crippen LogP contribution in [0.1, 0.15) is 46.1 Å². The van der Waals surface area contributed by atoms with Gasteiger partial charge in [-0.3, -0.25) is 14.3 Å². The fraction of sp³-hybridized carbons (Fsp3) is 0.520. The molecule has 1 aliphatic carbocycles. The molecule has 0 saturated carbocycles. The molecule has 174 valence electrons. The van der Waals surface area contributed by atoms with E-state index in [9.17, 15) is 9.59 Å². The lowest BCUT2D eigenvalue weighted by molar-refractivity contribution is 0.232. The maximum atomic E-state index is 12.8. The zero-order valence-corrected chi connectivity index (χ0v) is 22.0. The topological polar surface area (TPSA) is 64.1 Å². The van der Waals surface area contributed by atoms with Crippen LogP contribution in [-0.2, 0) is 17.4 Å². The van der Waals surface area contributed by atoms with Crippen LogP contribution in [0.2, 0.25) is 18.1 Å². The lowest BCUT2D eigenvalue weighted by Gasteiger charge is -2.37. The zero-order chi connectivity index (χ0) is 23.5. The van der Waals surface area contributed by atoms with Crippen molar-refractivity contribution in [2.45, 2.75) is 81.6 Å². The second kappa shape index (κ2) is 9.97. The van der Waals surface area contributed by atoms with E-state index in [1.54, 1.807) is 4.57 Å². The van der Waals surface area contributed by atoms with Crippen LogP contribution >= 0.6 is 11.8 Å². The van der Waals surface area contributed by atoms with Gasteiger partial charge >= 0.3 is 5.69 Å². The summed E-state index contributed by atoms with van der Waals surface area (Å²) in [5.41, 5.74) is 1.27. The molecule has 0 aliphatic heterocycles. The largest absolute Gasteiger partial charge is 0.417 e. The molecule has 1 aromatic carbocycles. The number of nitrogens with zero attached hydrogens (tertiary/aromatic N) is 1. The van der Waals surface area contributed by atoms with Gasteiger partial charge in [-0.2, -0.15) is 0 Å². The Balaban J connectivity index is 1.78. The molecule has 0 fully saturated rings. The second-order valence-corrected chi connectivity index (χ2v) is 16.0.